The van der Waals surface area contributed by atoms with Gasteiger partial charge in [-0.2, -0.15) is 0 Å². The van der Waals surface area contributed by atoms with Crippen molar-refractivity contribution in [2.45, 2.75) is 44.4 Å². The normalized spacial score (nSPS) is 23.3. The van der Waals surface area contributed by atoms with Crippen LogP contribution in [0.4, 0.5) is 27.3 Å². The molecule has 2 N–H and O–H groups in total. The van der Waals surface area contributed by atoms with Gasteiger partial charge in [0.05, 0.1) is 23.6 Å². The zero-order valence-corrected chi connectivity index (χ0v) is 20.5. The number of halogens is 1. The number of carbonyl (C=O) groups is 2. The average Bonchev–Trinajstić information content (AvgIpc) is 3.46. The number of anilines is 4. The van der Waals surface area contributed by atoms with Crippen molar-refractivity contribution in [2.24, 2.45) is 0 Å². The van der Waals surface area contributed by atoms with Crippen LogP contribution in [0.25, 0.3) is 11.1 Å². The average molecular weight is 518 g/mol. The highest BCUT2D eigenvalue weighted by atomic mass is 19.1. The summed E-state index contributed by atoms with van der Waals surface area (Å²) in [6, 6.07) is 6.36. The molecule has 7 rings (SSSR count). The highest BCUT2D eigenvalue weighted by molar-refractivity contribution is 6.01. The maximum absolute atomic E-state index is 15.1. The molecule has 6 heterocycles. The molecule has 1 aromatic carbocycles. The van der Waals surface area contributed by atoms with Crippen molar-refractivity contribution in [2.75, 3.05) is 28.3 Å². The molecule has 3 atom stereocenters. The number of ether oxygens (including phenoxy) is 2. The zero-order valence-electron chi connectivity index (χ0n) is 20.5. The van der Waals surface area contributed by atoms with Crippen molar-refractivity contribution < 1.29 is 28.6 Å². The lowest BCUT2D eigenvalue weighted by molar-refractivity contribution is -0.124. The number of pyridine rings is 2. The van der Waals surface area contributed by atoms with Gasteiger partial charge in [0.15, 0.2) is 0 Å². The summed E-state index contributed by atoms with van der Waals surface area (Å²) in [5.41, 5.74) is 3.48. The van der Waals surface area contributed by atoms with Gasteiger partial charge < -0.3 is 24.8 Å². The first-order valence-corrected chi connectivity index (χ1v) is 12.6. The van der Waals surface area contributed by atoms with E-state index in [1.807, 2.05) is 13.0 Å². The molecule has 0 radical (unpaired) electrons. The number of aliphatic hydroxyl groups excluding tert-OH is 1. The van der Waals surface area contributed by atoms with Crippen molar-refractivity contribution in [3.8, 4) is 22.8 Å². The molecular weight excluding hydrogens is 493 g/mol. The highest BCUT2D eigenvalue weighted by Gasteiger charge is 2.44. The molecule has 4 aliphatic heterocycles. The van der Waals surface area contributed by atoms with Crippen molar-refractivity contribution in [3.05, 3.63) is 48.0 Å². The van der Waals surface area contributed by atoms with Gasteiger partial charge in [-0.15, -0.1) is 0 Å². The van der Waals surface area contributed by atoms with E-state index in [0.29, 0.717) is 60.2 Å². The summed E-state index contributed by atoms with van der Waals surface area (Å²) < 4.78 is 26.9. The van der Waals surface area contributed by atoms with Crippen LogP contribution in [0, 0.1) is 5.82 Å². The van der Waals surface area contributed by atoms with E-state index in [-0.39, 0.29) is 36.3 Å². The van der Waals surface area contributed by atoms with E-state index in [4.69, 9.17) is 9.47 Å². The van der Waals surface area contributed by atoms with Gasteiger partial charge in [0.1, 0.15) is 41.9 Å². The summed E-state index contributed by atoms with van der Waals surface area (Å²) in [5.74, 6) is 0.435. The number of aromatic nitrogens is 2. The van der Waals surface area contributed by atoms with Crippen LogP contribution >= 0.6 is 0 Å². The molecule has 2 saturated heterocycles. The summed E-state index contributed by atoms with van der Waals surface area (Å²) in [5, 5.41) is 13.2. The van der Waals surface area contributed by atoms with E-state index in [9.17, 15) is 14.7 Å². The van der Waals surface area contributed by atoms with E-state index in [0.717, 1.165) is 11.1 Å². The molecule has 194 valence electrons. The number of aliphatic hydroxyl groups is 1. The van der Waals surface area contributed by atoms with Gasteiger partial charge in [0.25, 0.3) is 5.91 Å². The van der Waals surface area contributed by atoms with E-state index >= 15 is 4.39 Å². The number of nitrogens with zero attached hydrogens (tertiary/aromatic N) is 4. The lowest BCUT2D eigenvalue weighted by Crippen LogP contribution is -2.41. The molecule has 2 unspecified atom stereocenters. The molecule has 0 spiro atoms. The molecule has 0 aliphatic carbocycles. The van der Waals surface area contributed by atoms with Gasteiger partial charge in [-0.25, -0.2) is 14.4 Å². The van der Waals surface area contributed by atoms with Crippen molar-refractivity contribution >= 4 is 34.7 Å². The lowest BCUT2D eigenvalue weighted by Gasteiger charge is -2.31. The summed E-state index contributed by atoms with van der Waals surface area (Å²) in [6.45, 7) is 2.68. The molecular formula is C27H24FN5O5. The Morgan fingerprint density at radius 1 is 1.11 bits per heavy atom. The van der Waals surface area contributed by atoms with Gasteiger partial charge in [0.2, 0.25) is 11.8 Å². The van der Waals surface area contributed by atoms with Crippen LogP contribution in [0.5, 0.6) is 11.6 Å². The number of hydrogen-bond donors (Lipinski definition) is 2. The Morgan fingerprint density at radius 2 is 1.97 bits per heavy atom. The first kappa shape index (κ1) is 22.9. The summed E-state index contributed by atoms with van der Waals surface area (Å²) in [6.07, 6.45) is 3.31. The smallest absolute Gasteiger partial charge is 0.256 e. The number of benzene rings is 1. The molecule has 4 aliphatic rings. The quantitative estimate of drug-likeness (QED) is 0.543. The van der Waals surface area contributed by atoms with Crippen molar-refractivity contribution in [1.82, 2.24) is 9.97 Å². The van der Waals surface area contributed by atoms with E-state index in [1.165, 1.54) is 11.0 Å². The Balaban J connectivity index is 1.19. The monoisotopic (exact) mass is 517 g/mol. The predicted molar refractivity (Wildman–Crippen MR) is 135 cm³/mol. The standard InChI is InChI=1S/C27H24FN5O5/c1-13-16-8-24(31-14-5-21-26(30-10-14)37-12-15-6-22(34)27(36)33(15)21)29-11-18(16)17-7-19(28)20(9-23(17)38-13)32-4-2-3-25(32)35/h5,7-11,13,15,22,34H,2-4,6,12H2,1H3,(H,29,31)/t13?,15-,22?/m0/s1. The molecule has 2 amide bonds. The van der Waals surface area contributed by atoms with Crippen LogP contribution in [-0.2, 0) is 9.59 Å². The minimum absolute atomic E-state index is 0.0884. The second-order valence-corrected chi connectivity index (χ2v) is 9.96. The van der Waals surface area contributed by atoms with E-state index in [2.05, 4.69) is 15.3 Å². The van der Waals surface area contributed by atoms with Gasteiger partial charge in [0, 0.05) is 48.3 Å². The Bertz CT molecular complexity index is 1510. The van der Waals surface area contributed by atoms with Crippen molar-refractivity contribution in [3.63, 3.8) is 0 Å². The third-order valence-electron chi connectivity index (χ3n) is 7.54. The maximum Gasteiger partial charge on any atom is 0.256 e. The predicted octanol–water partition coefficient (Wildman–Crippen LogP) is 3.47. The highest BCUT2D eigenvalue weighted by Crippen LogP contribution is 2.46. The van der Waals surface area contributed by atoms with Crippen LogP contribution in [0.1, 0.15) is 37.9 Å². The second-order valence-electron chi connectivity index (χ2n) is 9.96. The van der Waals surface area contributed by atoms with Crippen LogP contribution in [-0.4, -0.2) is 52.2 Å². The van der Waals surface area contributed by atoms with E-state index in [1.54, 1.807) is 29.4 Å². The molecule has 38 heavy (non-hydrogen) atoms. The van der Waals surface area contributed by atoms with Gasteiger partial charge >= 0.3 is 0 Å². The number of fused-ring (bicyclic) bond motifs is 6. The Hall–Kier alpha value is -4.25. The van der Waals surface area contributed by atoms with Crippen LogP contribution in [0.3, 0.4) is 0 Å². The Kier molecular flexibility index (Phi) is 5.05. The maximum atomic E-state index is 15.1. The minimum Gasteiger partial charge on any atom is -0.485 e. The molecule has 2 aromatic heterocycles. The van der Waals surface area contributed by atoms with E-state index < -0.39 is 11.9 Å². The summed E-state index contributed by atoms with van der Waals surface area (Å²) >= 11 is 0. The largest absolute Gasteiger partial charge is 0.485 e. The fraction of sp³-hybridized carbons (Fsp3) is 0.333. The SMILES string of the molecule is CC1Oc2cc(N3CCCC3=O)c(F)cc2-c2cnc(Nc3cnc4c(c3)N3C(=O)C(O)C[C@H]3CO4)cc21. The number of rotatable bonds is 3. The number of nitrogens with one attached hydrogen (secondary N) is 1. The second kappa shape index (κ2) is 8.38. The Labute approximate surface area is 217 Å². The Morgan fingerprint density at radius 3 is 2.79 bits per heavy atom. The molecule has 3 aromatic rings. The first-order valence-electron chi connectivity index (χ1n) is 12.6. The third kappa shape index (κ3) is 3.49. The topological polar surface area (TPSA) is 117 Å². The zero-order chi connectivity index (χ0) is 26.1. The molecule has 10 nitrogen and oxygen atoms in total. The fourth-order valence-electron chi connectivity index (χ4n) is 5.69. The van der Waals surface area contributed by atoms with Crippen LogP contribution in [0.2, 0.25) is 0 Å². The first-order chi connectivity index (χ1) is 18.4. The molecule has 2 fully saturated rings. The summed E-state index contributed by atoms with van der Waals surface area (Å²) in [4.78, 5) is 36.6. The molecule has 11 heteroatoms. The molecule has 0 saturated carbocycles. The van der Waals surface area contributed by atoms with Crippen molar-refractivity contribution in [1.29, 1.82) is 0 Å². The van der Waals surface area contributed by atoms with Crippen LogP contribution in [0.15, 0.2) is 36.7 Å². The number of hydrogen-bond acceptors (Lipinski definition) is 8. The fourth-order valence-corrected chi connectivity index (χ4v) is 5.69. The van der Waals surface area contributed by atoms with Crippen LogP contribution < -0.4 is 24.6 Å². The van der Waals surface area contributed by atoms with Gasteiger partial charge in [-0.1, -0.05) is 0 Å². The lowest BCUT2D eigenvalue weighted by atomic mass is 9.94. The number of amides is 2. The number of carbonyl (C=O) groups excluding carboxylic acids is 2. The van der Waals surface area contributed by atoms with Gasteiger partial charge in [-0.05, 0) is 31.5 Å². The third-order valence-corrected chi connectivity index (χ3v) is 7.54. The summed E-state index contributed by atoms with van der Waals surface area (Å²) in [7, 11) is 0. The minimum atomic E-state index is -1.05. The molecule has 0 bridgehead atoms. The van der Waals surface area contributed by atoms with Gasteiger partial charge in [-0.3, -0.25) is 14.5 Å².